The van der Waals surface area contributed by atoms with Gasteiger partial charge in [-0.15, -0.1) is 0 Å². The standard InChI is InChI=1S/C17H17BrN4O5/c1-10(23)27-12(9-26-11-6-4-3-5-7-11)8-22-13-14(19-16(22)18)21(2)17(25)20-15(13)24/h3-7,12H,8-9H2,1-2H3,(H,20,24,25). The zero-order valence-electron chi connectivity index (χ0n) is 14.6. The molecule has 3 aromatic rings. The molecule has 3 rings (SSSR count). The molecule has 0 bridgehead atoms. The number of para-hydroxylation sites is 1. The number of aromatic amines is 1. The summed E-state index contributed by atoms with van der Waals surface area (Å²) < 4.78 is 14.1. The maximum absolute atomic E-state index is 12.3. The van der Waals surface area contributed by atoms with Gasteiger partial charge in [0.15, 0.2) is 22.0 Å². The zero-order chi connectivity index (χ0) is 19.6. The number of hydrogen-bond acceptors (Lipinski definition) is 6. The number of rotatable bonds is 6. The maximum atomic E-state index is 12.3. The van der Waals surface area contributed by atoms with Gasteiger partial charge in [0.25, 0.3) is 5.56 Å². The molecule has 1 aromatic carbocycles. The van der Waals surface area contributed by atoms with Crippen LogP contribution in [-0.2, 0) is 23.1 Å². The summed E-state index contributed by atoms with van der Waals surface area (Å²) >= 11 is 3.30. The number of hydrogen-bond donors (Lipinski definition) is 1. The molecule has 27 heavy (non-hydrogen) atoms. The summed E-state index contributed by atoms with van der Waals surface area (Å²) in [6.45, 7) is 1.50. The zero-order valence-corrected chi connectivity index (χ0v) is 16.2. The van der Waals surface area contributed by atoms with Gasteiger partial charge in [0.1, 0.15) is 12.4 Å². The molecular formula is C17H17BrN4O5. The van der Waals surface area contributed by atoms with Gasteiger partial charge in [0.2, 0.25) is 0 Å². The van der Waals surface area contributed by atoms with Crippen molar-refractivity contribution in [2.24, 2.45) is 7.05 Å². The van der Waals surface area contributed by atoms with Crippen LogP contribution >= 0.6 is 15.9 Å². The number of carbonyl (C=O) groups excluding carboxylic acids is 1. The van der Waals surface area contributed by atoms with Crippen LogP contribution in [0.5, 0.6) is 5.75 Å². The summed E-state index contributed by atoms with van der Waals surface area (Å²) in [5, 5.41) is 0. The van der Waals surface area contributed by atoms with E-state index < -0.39 is 23.3 Å². The predicted molar refractivity (Wildman–Crippen MR) is 101 cm³/mol. The average molecular weight is 437 g/mol. The van der Waals surface area contributed by atoms with E-state index in [2.05, 4.69) is 25.9 Å². The first-order valence-electron chi connectivity index (χ1n) is 8.07. The first-order valence-corrected chi connectivity index (χ1v) is 8.86. The molecule has 2 heterocycles. The minimum Gasteiger partial charge on any atom is -0.490 e. The number of H-pyrrole nitrogens is 1. The van der Waals surface area contributed by atoms with E-state index in [4.69, 9.17) is 9.47 Å². The van der Waals surface area contributed by atoms with Crippen LogP contribution in [0.3, 0.4) is 0 Å². The molecular weight excluding hydrogens is 420 g/mol. The number of halogens is 1. The van der Waals surface area contributed by atoms with Gasteiger partial charge in [-0.1, -0.05) is 18.2 Å². The van der Waals surface area contributed by atoms with Crippen LogP contribution < -0.4 is 16.0 Å². The lowest BCUT2D eigenvalue weighted by Gasteiger charge is -2.19. The molecule has 9 nitrogen and oxygen atoms in total. The number of ether oxygens (including phenoxy) is 2. The highest BCUT2D eigenvalue weighted by molar-refractivity contribution is 9.10. The molecule has 1 unspecified atom stereocenters. The Kier molecular flexibility index (Phi) is 5.45. The fourth-order valence-electron chi connectivity index (χ4n) is 2.64. The van der Waals surface area contributed by atoms with E-state index in [1.807, 2.05) is 18.2 Å². The third-order valence-electron chi connectivity index (χ3n) is 3.86. The quantitative estimate of drug-likeness (QED) is 0.459. The average Bonchev–Trinajstić information content (AvgIpc) is 2.95. The molecule has 0 aliphatic carbocycles. The molecule has 0 saturated heterocycles. The third-order valence-corrected chi connectivity index (χ3v) is 4.46. The first-order chi connectivity index (χ1) is 12.9. The number of nitrogens with zero attached hydrogens (tertiary/aromatic N) is 3. The second-order valence-corrected chi connectivity index (χ2v) is 6.55. The highest BCUT2D eigenvalue weighted by atomic mass is 79.9. The van der Waals surface area contributed by atoms with Crippen molar-refractivity contribution >= 4 is 33.1 Å². The van der Waals surface area contributed by atoms with Gasteiger partial charge in [-0.2, -0.15) is 0 Å². The van der Waals surface area contributed by atoms with Crippen LogP contribution in [0.4, 0.5) is 0 Å². The molecule has 2 aromatic heterocycles. The highest BCUT2D eigenvalue weighted by Gasteiger charge is 2.21. The molecule has 0 aliphatic heterocycles. The van der Waals surface area contributed by atoms with E-state index >= 15 is 0 Å². The van der Waals surface area contributed by atoms with E-state index in [0.717, 1.165) is 0 Å². The Morgan fingerprint density at radius 3 is 2.67 bits per heavy atom. The van der Waals surface area contributed by atoms with Crippen LogP contribution in [0.2, 0.25) is 0 Å². The molecule has 142 valence electrons. The number of esters is 1. The molecule has 0 spiro atoms. The summed E-state index contributed by atoms with van der Waals surface area (Å²) in [4.78, 5) is 42.0. The second kappa shape index (κ2) is 7.78. The molecule has 10 heteroatoms. The van der Waals surface area contributed by atoms with Gasteiger partial charge in [-0.25, -0.2) is 9.78 Å². The molecule has 0 radical (unpaired) electrons. The fraction of sp³-hybridized carbons (Fsp3) is 0.294. The molecule has 0 aliphatic rings. The monoisotopic (exact) mass is 436 g/mol. The van der Waals surface area contributed by atoms with Crippen molar-refractivity contribution < 1.29 is 14.3 Å². The lowest BCUT2D eigenvalue weighted by Crippen LogP contribution is -2.32. The number of aryl methyl sites for hydroxylation is 1. The number of aromatic nitrogens is 4. The minimum atomic E-state index is -0.673. The maximum Gasteiger partial charge on any atom is 0.329 e. The van der Waals surface area contributed by atoms with Crippen LogP contribution in [-0.4, -0.2) is 37.8 Å². The van der Waals surface area contributed by atoms with Crippen molar-refractivity contribution in [3.8, 4) is 5.75 Å². The van der Waals surface area contributed by atoms with Crippen molar-refractivity contribution in [3.05, 3.63) is 55.9 Å². The van der Waals surface area contributed by atoms with Gasteiger partial charge < -0.3 is 14.0 Å². The summed E-state index contributed by atoms with van der Waals surface area (Å²) in [7, 11) is 1.51. The molecule has 0 saturated carbocycles. The SMILES string of the molecule is CC(=O)OC(COc1ccccc1)Cn1c(Br)nc2c1c(=O)[nH]c(=O)n2C. The Bertz CT molecular complexity index is 1090. The van der Waals surface area contributed by atoms with Gasteiger partial charge in [0.05, 0.1) is 6.54 Å². The van der Waals surface area contributed by atoms with Gasteiger partial charge in [0, 0.05) is 14.0 Å². The highest BCUT2D eigenvalue weighted by Crippen LogP contribution is 2.18. The summed E-state index contributed by atoms with van der Waals surface area (Å²) in [6, 6.07) is 9.09. The lowest BCUT2D eigenvalue weighted by molar-refractivity contribution is -0.148. The van der Waals surface area contributed by atoms with E-state index in [0.29, 0.717) is 10.5 Å². The van der Waals surface area contributed by atoms with Gasteiger partial charge in [-0.05, 0) is 28.1 Å². The summed E-state index contributed by atoms with van der Waals surface area (Å²) in [5.41, 5.74) is -0.715. The van der Waals surface area contributed by atoms with E-state index in [1.165, 1.54) is 23.1 Å². The number of carbonyl (C=O) groups is 1. The normalized spacial score (nSPS) is 12.1. The number of imidazole rings is 1. The Morgan fingerprint density at radius 2 is 2.00 bits per heavy atom. The second-order valence-electron chi connectivity index (χ2n) is 5.84. The van der Waals surface area contributed by atoms with Crippen LogP contribution in [0, 0.1) is 0 Å². The summed E-state index contributed by atoms with van der Waals surface area (Å²) in [5.74, 6) is 0.156. The van der Waals surface area contributed by atoms with Crippen LogP contribution in [0.1, 0.15) is 6.92 Å². The Balaban J connectivity index is 1.92. The van der Waals surface area contributed by atoms with Gasteiger partial charge >= 0.3 is 11.7 Å². The van der Waals surface area contributed by atoms with E-state index in [9.17, 15) is 14.4 Å². The largest absolute Gasteiger partial charge is 0.490 e. The Morgan fingerprint density at radius 1 is 1.30 bits per heavy atom. The number of benzene rings is 1. The molecule has 0 amide bonds. The van der Waals surface area contributed by atoms with Crippen LogP contribution in [0.15, 0.2) is 44.7 Å². The smallest absolute Gasteiger partial charge is 0.329 e. The predicted octanol–water partition coefficient (Wildman–Crippen LogP) is 1.20. The lowest BCUT2D eigenvalue weighted by atomic mass is 10.3. The minimum absolute atomic E-state index is 0.0827. The van der Waals surface area contributed by atoms with Gasteiger partial charge in [-0.3, -0.25) is 19.1 Å². The molecule has 1 atom stereocenters. The first kappa shape index (κ1) is 18.9. The fourth-order valence-corrected chi connectivity index (χ4v) is 3.13. The topological polar surface area (TPSA) is 108 Å². The summed E-state index contributed by atoms with van der Waals surface area (Å²) in [6.07, 6.45) is -0.673. The number of fused-ring (bicyclic) bond motifs is 1. The Labute approximate surface area is 161 Å². The van der Waals surface area contributed by atoms with Crippen molar-refractivity contribution in [1.29, 1.82) is 0 Å². The van der Waals surface area contributed by atoms with E-state index in [1.54, 1.807) is 12.1 Å². The van der Waals surface area contributed by atoms with E-state index in [-0.39, 0.29) is 24.3 Å². The Hall–Kier alpha value is -2.88. The van der Waals surface area contributed by atoms with Crippen molar-refractivity contribution in [2.75, 3.05) is 6.61 Å². The van der Waals surface area contributed by atoms with Crippen LogP contribution in [0.25, 0.3) is 11.2 Å². The number of nitrogens with one attached hydrogen (secondary N) is 1. The molecule has 1 N–H and O–H groups in total. The third kappa shape index (κ3) is 4.11. The van der Waals surface area contributed by atoms with Crippen molar-refractivity contribution in [2.45, 2.75) is 19.6 Å². The van der Waals surface area contributed by atoms with Crippen molar-refractivity contribution in [3.63, 3.8) is 0 Å². The van der Waals surface area contributed by atoms with Crippen molar-refractivity contribution in [1.82, 2.24) is 19.1 Å². The molecule has 0 fully saturated rings.